The van der Waals surface area contributed by atoms with Gasteiger partial charge < -0.3 is 9.64 Å². The summed E-state index contributed by atoms with van der Waals surface area (Å²) in [6.45, 7) is 7.55. The van der Waals surface area contributed by atoms with Gasteiger partial charge in [-0.05, 0) is 32.4 Å². The maximum absolute atomic E-state index is 4.25. The highest BCUT2D eigenvalue weighted by Gasteiger charge is 2.08. The van der Waals surface area contributed by atoms with Crippen LogP contribution in [0.4, 0.5) is 0 Å². The third-order valence-electron chi connectivity index (χ3n) is 1.85. The molecule has 12 heavy (non-hydrogen) atoms. The van der Waals surface area contributed by atoms with E-state index in [4.69, 9.17) is 0 Å². The zero-order valence-electron chi connectivity index (χ0n) is 8.38. The van der Waals surface area contributed by atoms with Crippen LogP contribution in [-0.2, 0) is 4.74 Å². The fraction of sp³-hybridized carbons (Fsp3) is 0.800. The first kappa shape index (κ1) is 11.7. The monoisotopic (exact) mass is 171 g/mol. The molecule has 1 saturated heterocycles. The lowest BCUT2D eigenvalue weighted by Crippen LogP contribution is -2.19. The third-order valence-corrected chi connectivity index (χ3v) is 1.85. The van der Waals surface area contributed by atoms with Gasteiger partial charge in [0.25, 0.3) is 0 Å². The number of methoxy groups -OCH3 is 1. The topological polar surface area (TPSA) is 12.5 Å². The van der Waals surface area contributed by atoms with Gasteiger partial charge in [0.1, 0.15) is 0 Å². The normalized spacial score (nSPS) is 16.8. The van der Waals surface area contributed by atoms with E-state index in [2.05, 4.69) is 16.2 Å². The number of ether oxygens (including phenoxy) is 1. The Morgan fingerprint density at radius 3 is 2.25 bits per heavy atom. The van der Waals surface area contributed by atoms with Crippen molar-refractivity contribution in [3.8, 4) is 0 Å². The second-order valence-electron chi connectivity index (χ2n) is 3.03. The SMILES string of the molecule is C=CCCN1CCCC1.COC. The van der Waals surface area contributed by atoms with E-state index in [1.54, 1.807) is 14.2 Å². The van der Waals surface area contributed by atoms with Gasteiger partial charge in [-0.3, -0.25) is 0 Å². The molecule has 72 valence electrons. The lowest BCUT2D eigenvalue weighted by atomic mass is 10.4. The average Bonchev–Trinajstić information content (AvgIpc) is 2.54. The predicted molar refractivity (Wildman–Crippen MR) is 53.4 cm³/mol. The van der Waals surface area contributed by atoms with E-state index >= 15 is 0 Å². The van der Waals surface area contributed by atoms with E-state index in [0.29, 0.717) is 0 Å². The molecule has 0 radical (unpaired) electrons. The van der Waals surface area contributed by atoms with E-state index in [-0.39, 0.29) is 0 Å². The second-order valence-corrected chi connectivity index (χ2v) is 3.03. The van der Waals surface area contributed by atoms with E-state index in [1.807, 2.05) is 6.08 Å². The van der Waals surface area contributed by atoms with Crippen LogP contribution >= 0.6 is 0 Å². The lowest BCUT2D eigenvalue weighted by Gasteiger charge is -2.11. The first-order valence-corrected chi connectivity index (χ1v) is 4.58. The van der Waals surface area contributed by atoms with Crippen LogP contribution in [0, 0.1) is 0 Å². The molecular formula is C10H21NO. The number of hydrogen-bond donors (Lipinski definition) is 0. The molecule has 0 N–H and O–H groups in total. The molecule has 0 aromatic heterocycles. The third kappa shape index (κ3) is 6.38. The van der Waals surface area contributed by atoms with Gasteiger partial charge in [-0.25, -0.2) is 0 Å². The van der Waals surface area contributed by atoms with Crippen LogP contribution in [0.15, 0.2) is 12.7 Å². The van der Waals surface area contributed by atoms with Crippen molar-refractivity contribution in [2.75, 3.05) is 33.9 Å². The molecule has 1 aliphatic rings. The molecule has 1 fully saturated rings. The summed E-state index contributed by atoms with van der Waals surface area (Å²) in [4.78, 5) is 2.50. The molecule has 0 bridgehead atoms. The highest BCUT2D eigenvalue weighted by Crippen LogP contribution is 2.06. The van der Waals surface area contributed by atoms with Crippen molar-refractivity contribution < 1.29 is 4.74 Å². The van der Waals surface area contributed by atoms with Crippen LogP contribution < -0.4 is 0 Å². The van der Waals surface area contributed by atoms with E-state index in [0.717, 1.165) is 6.42 Å². The van der Waals surface area contributed by atoms with Crippen molar-refractivity contribution in [1.82, 2.24) is 4.90 Å². The standard InChI is InChI=1S/C8H15N.C2H6O/c1-2-3-6-9-7-4-5-8-9;1-3-2/h2H,1,3-8H2;1-2H3. The van der Waals surface area contributed by atoms with Crippen LogP contribution in [-0.4, -0.2) is 38.8 Å². The fourth-order valence-electron chi connectivity index (χ4n) is 1.28. The molecule has 0 unspecified atom stereocenters. The molecule has 0 aromatic rings. The summed E-state index contributed by atoms with van der Waals surface area (Å²) in [5, 5.41) is 0. The number of hydrogen-bond acceptors (Lipinski definition) is 2. The number of nitrogens with zero attached hydrogens (tertiary/aromatic N) is 1. The second kappa shape index (κ2) is 8.75. The molecule has 0 spiro atoms. The maximum Gasteiger partial charge on any atom is 0.0351 e. The molecule has 1 rings (SSSR count). The van der Waals surface area contributed by atoms with E-state index in [9.17, 15) is 0 Å². The first-order chi connectivity index (χ1) is 5.85. The Hall–Kier alpha value is -0.340. The molecule has 0 amide bonds. The minimum absolute atomic E-state index is 1.15. The van der Waals surface area contributed by atoms with Gasteiger partial charge in [-0.1, -0.05) is 6.08 Å². The summed E-state index contributed by atoms with van der Waals surface area (Å²) < 4.78 is 4.25. The minimum atomic E-state index is 1.15. The highest BCUT2D eigenvalue weighted by molar-refractivity contribution is 4.72. The highest BCUT2D eigenvalue weighted by atomic mass is 16.4. The Bertz CT molecular complexity index is 98.0. The van der Waals surface area contributed by atoms with Crippen LogP contribution in [0.2, 0.25) is 0 Å². The maximum atomic E-state index is 4.25. The van der Waals surface area contributed by atoms with E-state index in [1.165, 1.54) is 32.5 Å². The van der Waals surface area contributed by atoms with Gasteiger partial charge in [0.2, 0.25) is 0 Å². The van der Waals surface area contributed by atoms with Crippen LogP contribution in [0.25, 0.3) is 0 Å². The predicted octanol–water partition coefficient (Wildman–Crippen LogP) is 1.92. The largest absolute Gasteiger partial charge is 0.388 e. The lowest BCUT2D eigenvalue weighted by molar-refractivity contribution is 0.277. The zero-order chi connectivity index (χ0) is 9.23. The molecule has 2 nitrogen and oxygen atoms in total. The number of likely N-dealkylation sites (tertiary alicyclic amines) is 1. The summed E-state index contributed by atoms with van der Waals surface area (Å²) in [6.07, 6.45) is 5.95. The molecule has 0 atom stereocenters. The Kier molecular flexibility index (Phi) is 8.51. The Labute approximate surface area is 76.2 Å². The summed E-state index contributed by atoms with van der Waals surface area (Å²) >= 11 is 0. The molecule has 1 aliphatic heterocycles. The first-order valence-electron chi connectivity index (χ1n) is 4.58. The van der Waals surface area contributed by atoms with Gasteiger partial charge in [-0.2, -0.15) is 0 Å². The van der Waals surface area contributed by atoms with Crippen molar-refractivity contribution in [1.29, 1.82) is 0 Å². The number of rotatable bonds is 3. The fourth-order valence-corrected chi connectivity index (χ4v) is 1.28. The van der Waals surface area contributed by atoms with E-state index < -0.39 is 0 Å². The van der Waals surface area contributed by atoms with Crippen molar-refractivity contribution in [3.63, 3.8) is 0 Å². The van der Waals surface area contributed by atoms with Crippen molar-refractivity contribution in [2.45, 2.75) is 19.3 Å². The summed E-state index contributed by atoms with van der Waals surface area (Å²) in [6, 6.07) is 0. The van der Waals surface area contributed by atoms with Crippen molar-refractivity contribution in [3.05, 3.63) is 12.7 Å². The summed E-state index contributed by atoms with van der Waals surface area (Å²) in [5.74, 6) is 0. The molecular weight excluding hydrogens is 150 g/mol. The van der Waals surface area contributed by atoms with Gasteiger partial charge in [0, 0.05) is 20.8 Å². The van der Waals surface area contributed by atoms with Crippen LogP contribution in [0.1, 0.15) is 19.3 Å². The summed E-state index contributed by atoms with van der Waals surface area (Å²) in [7, 11) is 3.25. The Morgan fingerprint density at radius 1 is 1.33 bits per heavy atom. The molecule has 2 heteroatoms. The summed E-state index contributed by atoms with van der Waals surface area (Å²) in [5.41, 5.74) is 0. The quantitative estimate of drug-likeness (QED) is 0.601. The van der Waals surface area contributed by atoms with Gasteiger partial charge >= 0.3 is 0 Å². The van der Waals surface area contributed by atoms with Crippen LogP contribution in [0.3, 0.4) is 0 Å². The molecule has 0 aromatic carbocycles. The van der Waals surface area contributed by atoms with Gasteiger partial charge in [0.05, 0.1) is 0 Å². The van der Waals surface area contributed by atoms with Crippen molar-refractivity contribution >= 4 is 0 Å². The Balaban J connectivity index is 0.000000354. The zero-order valence-corrected chi connectivity index (χ0v) is 8.38. The molecule has 0 saturated carbocycles. The van der Waals surface area contributed by atoms with Gasteiger partial charge in [0.15, 0.2) is 0 Å². The van der Waals surface area contributed by atoms with Crippen molar-refractivity contribution in [2.24, 2.45) is 0 Å². The smallest absolute Gasteiger partial charge is 0.0351 e. The van der Waals surface area contributed by atoms with Gasteiger partial charge in [-0.15, -0.1) is 6.58 Å². The molecule has 1 heterocycles. The average molecular weight is 171 g/mol. The Morgan fingerprint density at radius 2 is 1.83 bits per heavy atom. The minimum Gasteiger partial charge on any atom is -0.388 e. The van der Waals surface area contributed by atoms with Crippen LogP contribution in [0.5, 0.6) is 0 Å². The molecule has 0 aliphatic carbocycles.